The molecule has 0 aliphatic heterocycles. The van der Waals surface area contributed by atoms with Gasteiger partial charge in [-0.1, -0.05) is 0 Å². The summed E-state index contributed by atoms with van der Waals surface area (Å²) in [5, 5.41) is 0. The number of methoxy groups -OCH3 is 1. The average Bonchev–Trinajstić information content (AvgIpc) is 1.87. The minimum atomic E-state index is -0.792. The van der Waals surface area contributed by atoms with Crippen LogP contribution in [-0.2, 0) is 20.3 Å². The zero-order valence-corrected chi connectivity index (χ0v) is 7.07. The maximum Gasteiger partial charge on any atom is 0.305 e. The monoisotopic (exact) mass is 164 g/mol. The Morgan fingerprint density at radius 2 is 2.20 bits per heavy atom. The van der Waals surface area contributed by atoms with E-state index in [1.807, 2.05) is 0 Å². The number of carbonyl (C=O) groups excluding carboxylic acids is 1. The molecule has 4 heteroatoms. The van der Waals surface area contributed by atoms with Crippen LogP contribution in [-0.4, -0.2) is 29.3 Å². The molecule has 0 aromatic rings. The number of ether oxygens (including phenoxy) is 1. The Labute approximate surface area is 63.2 Å². The molecule has 3 nitrogen and oxygen atoms in total. The molecule has 0 aromatic heterocycles. The van der Waals surface area contributed by atoms with E-state index in [-0.39, 0.29) is 5.97 Å². The third-order valence-electron chi connectivity index (χ3n) is 1.04. The quantitative estimate of drug-likeness (QED) is 0.562. The van der Waals surface area contributed by atoms with Crippen LogP contribution in [0.2, 0.25) is 0 Å². The third-order valence-corrected chi connectivity index (χ3v) is 1.90. The molecule has 0 aromatic carbocycles. The number of carbonyl (C=O) groups is 1. The van der Waals surface area contributed by atoms with E-state index in [1.165, 1.54) is 7.11 Å². The molecule has 60 valence electrons. The molecular weight excluding hydrogens is 152 g/mol. The highest BCUT2D eigenvalue weighted by Gasteiger charge is 1.99. The van der Waals surface area contributed by atoms with Gasteiger partial charge in [-0.05, 0) is 6.42 Å². The first-order valence-corrected chi connectivity index (χ1v) is 4.76. The fourth-order valence-corrected chi connectivity index (χ4v) is 1.07. The van der Waals surface area contributed by atoms with Crippen LogP contribution in [0.1, 0.15) is 12.8 Å². The van der Waals surface area contributed by atoms with Crippen molar-refractivity contribution in [3.8, 4) is 0 Å². The first-order valence-electron chi connectivity index (χ1n) is 3.03. The highest BCUT2D eigenvalue weighted by Crippen LogP contribution is 1.92. The Hall–Kier alpha value is -0.380. The summed E-state index contributed by atoms with van der Waals surface area (Å²) < 4.78 is 14.9. The van der Waals surface area contributed by atoms with Crippen LogP contribution in [0.15, 0.2) is 0 Å². The minimum absolute atomic E-state index is 0.231. The van der Waals surface area contributed by atoms with Crippen molar-refractivity contribution in [2.45, 2.75) is 12.8 Å². The topological polar surface area (TPSA) is 43.4 Å². The van der Waals surface area contributed by atoms with Gasteiger partial charge in [0.2, 0.25) is 0 Å². The molecule has 0 rings (SSSR count). The highest BCUT2D eigenvalue weighted by atomic mass is 32.2. The van der Waals surface area contributed by atoms with Crippen LogP contribution in [0.4, 0.5) is 0 Å². The molecule has 0 saturated heterocycles. The number of esters is 1. The maximum atomic E-state index is 10.5. The number of hydrogen-bond donors (Lipinski definition) is 0. The average molecular weight is 164 g/mol. The van der Waals surface area contributed by atoms with Gasteiger partial charge in [-0.3, -0.25) is 9.00 Å². The lowest BCUT2D eigenvalue weighted by molar-refractivity contribution is -0.140. The van der Waals surface area contributed by atoms with Crippen LogP contribution < -0.4 is 0 Å². The van der Waals surface area contributed by atoms with Gasteiger partial charge in [-0.25, -0.2) is 0 Å². The third kappa shape index (κ3) is 5.75. The van der Waals surface area contributed by atoms with Crippen molar-refractivity contribution >= 4 is 16.8 Å². The molecule has 0 radical (unpaired) electrons. The van der Waals surface area contributed by atoms with E-state index < -0.39 is 10.8 Å². The number of rotatable bonds is 4. The van der Waals surface area contributed by atoms with E-state index in [0.29, 0.717) is 18.6 Å². The van der Waals surface area contributed by atoms with Gasteiger partial charge in [0, 0.05) is 29.2 Å². The summed E-state index contributed by atoms with van der Waals surface area (Å²) in [5.41, 5.74) is 0. The van der Waals surface area contributed by atoms with Crippen molar-refractivity contribution in [3.05, 3.63) is 0 Å². The summed E-state index contributed by atoms with van der Waals surface area (Å²) in [7, 11) is 0.561. The summed E-state index contributed by atoms with van der Waals surface area (Å²) in [5.74, 6) is 0.347. The Bertz CT molecular complexity index is 133. The molecule has 10 heavy (non-hydrogen) atoms. The van der Waals surface area contributed by atoms with Crippen molar-refractivity contribution < 1.29 is 13.7 Å². The van der Waals surface area contributed by atoms with Gasteiger partial charge in [-0.15, -0.1) is 0 Å². The predicted octanol–water partition coefficient (Wildman–Crippen LogP) is 0.318. The molecule has 1 atom stereocenters. The minimum Gasteiger partial charge on any atom is -0.469 e. The molecule has 0 saturated carbocycles. The Kier molecular flexibility index (Phi) is 5.20. The van der Waals surface area contributed by atoms with Crippen LogP contribution >= 0.6 is 0 Å². The van der Waals surface area contributed by atoms with E-state index in [9.17, 15) is 9.00 Å². The molecule has 0 heterocycles. The zero-order chi connectivity index (χ0) is 7.98. The summed E-state index contributed by atoms with van der Waals surface area (Å²) in [6, 6.07) is 0. The standard InChI is InChI=1S/C6H12O3S/c1-9-6(7)4-3-5-10(2)8/h3-5H2,1-2H3/t10-/m0/s1. The SMILES string of the molecule is COC(=O)CCC[S@](C)=O. The molecular formula is C6H12O3S. The Balaban J connectivity index is 3.20. The second kappa shape index (κ2) is 5.41. The molecule has 0 fully saturated rings. The molecule has 0 unspecified atom stereocenters. The van der Waals surface area contributed by atoms with Gasteiger partial charge in [0.25, 0.3) is 0 Å². The van der Waals surface area contributed by atoms with Gasteiger partial charge in [0.05, 0.1) is 7.11 Å². The summed E-state index contributed by atoms with van der Waals surface area (Å²) >= 11 is 0. The highest BCUT2D eigenvalue weighted by molar-refractivity contribution is 7.84. The van der Waals surface area contributed by atoms with E-state index in [1.54, 1.807) is 6.26 Å². The second-order valence-corrected chi connectivity index (χ2v) is 3.51. The molecule has 0 N–H and O–H groups in total. The van der Waals surface area contributed by atoms with Gasteiger partial charge in [-0.2, -0.15) is 0 Å². The first kappa shape index (κ1) is 9.62. The van der Waals surface area contributed by atoms with E-state index in [4.69, 9.17) is 0 Å². The van der Waals surface area contributed by atoms with Gasteiger partial charge in [0.15, 0.2) is 0 Å². The van der Waals surface area contributed by atoms with E-state index in [2.05, 4.69) is 4.74 Å². The zero-order valence-electron chi connectivity index (χ0n) is 6.25. The van der Waals surface area contributed by atoms with Crippen molar-refractivity contribution in [2.75, 3.05) is 19.1 Å². The smallest absolute Gasteiger partial charge is 0.305 e. The van der Waals surface area contributed by atoms with Gasteiger partial charge < -0.3 is 4.74 Å². The van der Waals surface area contributed by atoms with Crippen LogP contribution in [0, 0.1) is 0 Å². The van der Waals surface area contributed by atoms with E-state index >= 15 is 0 Å². The van der Waals surface area contributed by atoms with Crippen molar-refractivity contribution in [2.24, 2.45) is 0 Å². The normalized spacial score (nSPS) is 12.6. The Morgan fingerprint density at radius 3 is 2.60 bits per heavy atom. The molecule has 0 amide bonds. The summed E-state index contributed by atoms with van der Waals surface area (Å²) in [6.45, 7) is 0. The predicted molar refractivity (Wildman–Crippen MR) is 40.2 cm³/mol. The fourth-order valence-electron chi connectivity index (χ4n) is 0.522. The first-order chi connectivity index (χ1) is 4.66. The molecule has 0 spiro atoms. The molecule has 0 aliphatic carbocycles. The summed E-state index contributed by atoms with van der Waals surface area (Å²) in [6.07, 6.45) is 2.64. The number of hydrogen-bond acceptors (Lipinski definition) is 3. The molecule has 0 aliphatic rings. The fraction of sp³-hybridized carbons (Fsp3) is 0.833. The van der Waals surface area contributed by atoms with Gasteiger partial charge in [0.1, 0.15) is 0 Å². The largest absolute Gasteiger partial charge is 0.469 e. The lowest BCUT2D eigenvalue weighted by atomic mass is 10.3. The second-order valence-electron chi connectivity index (χ2n) is 1.96. The van der Waals surface area contributed by atoms with Crippen molar-refractivity contribution in [1.29, 1.82) is 0 Å². The maximum absolute atomic E-state index is 10.5. The van der Waals surface area contributed by atoms with E-state index in [0.717, 1.165) is 0 Å². The van der Waals surface area contributed by atoms with Crippen molar-refractivity contribution in [3.63, 3.8) is 0 Å². The van der Waals surface area contributed by atoms with Crippen LogP contribution in [0.5, 0.6) is 0 Å². The Morgan fingerprint density at radius 1 is 1.60 bits per heavy atom. The summed E-state index contributed by atoms with van der Waals surface area (Å²) in [4.78, 5) is 10.5. The van der Waals surface area contributed by atoms with Crippen molar-refractivity contribution in [1.82, 2.24) is 0 Å². The molecule has 0 bridgehead atoms. The van der Waals surface area contributed by atoms with Gasteiger partial charge >= 0.3 is 5.97 Å². The lowest BCUT2D eigenvalue weighted by Crippen LogP contribution is -2.03. The van der Waals surface area contributed by atoms with Crippen LogP contribution in [0.25, 0.3) is 0 Å². The lowest BCUT2D eigenvalue weighted by Gasteiger charge is -1.95. The van der Waals surface area contributed by atoms with Crippen LogP contribution in [0.3, 0.4) is 0 Å².